The number of nitrogens with zero attached hydrogens (tertiary/aromatic N) is 3. The van der Waals surface area contributed by atoms with E-state index >= 15 is 0 Å². The maximum absolute atomic E-state index is 4.94. The van der Waals surface area contributed by atoms with Gasteiger partial charge in [-0.1, -0.05) is 52.3 Å². The number of hydrogen-bond donors (Lipinski definition) is 0. The van der Waals surface area contributed by atoms with E-state index in [-0.39, 0.29) is 0 Å². The number of fused-ring (bicyclic) bond motifs is 5. The largest absolute Gasteiger partial charge is 0.276 e. The molecule has 0 aliphatic heterocycles. The summed E-state index contributed by atoms with van der Waals surface area (Å²) in [4.78, 5) is 9.80. The Morgan fingerprint density at radius 3 is 2.42 bits per heavy atom. The van der Waals surface area contributed by atoms with Crippen LogP contribution in [0, 0.1) is 0 Å². The molecule has 0 atom stereocenters. The van der Waals surface area contributed by atoms with Crippen LogP contribution in [0.4, 0.5) is 0 Å². The van der Waals surface area contributed by atoms with Crippen LogP contribution in [0.1, 0.15) is 0 Å². The third kappa shape index (κ3) is 1.96. The molecule has 5 aromatic rings. The summed E-state index contributed by atoms with van der Waals surface area (Å²) >= 11 is 3.56. The number of rotatable bonds is 1. The van der Waals surface area contributed by atoms with Gasteiger partial charge in [-0.25, -0.2) is 9.97 Å². The first-order chi connectivity index (χ1) is 11.8. The Balaban J connectivity index is 2.04. The van der Waals surface area contributed by atoms with Crippen molar-refractivity contribution in [3.8, 4) is 11.4 Å². The number of imidazole rings is 1. The van der Waals surface area contributed by atoms with Gasteiger partial charge in [0.15, 0.2) is 0 Å². The zero-order valence-corrected chi connectivity index (χ0v) is 14.2. The lowest BCUT2D eigenvalue weighted by molar-refractivity contribution is 1.16. The van der Waals surface area contributed by atoms with Gasteiger partial charge in [-0.15, -0.1) is 0 Å². The van der Waals surface area contributed by atoms with Crippen molar-refractivity contribution in [2.45, 2.75) is 0 Å². The van der Waals surface area contributed by atoms with E-state index in [1.165, 1.54) is 0 Å². The molecule has 0 amide bonds. The topological polar surface area (TPSA) is 30.2 Å². The predicted octanol–water partition coefficient (Wildman–Crippen LogP) is 5.47. The molecule has 0 saturated carbocycles. The third-order valence-corrected chi connectivity index (χ3v) is 4.72. The van der Waals surface area contributed by atoms with Crippen molar-refractivity contribution >= 4 is 43.5 Å². The zero-order chi connectivity index (χ0) is 16.1. The van der Waals surface area contributed by atoms with Gasteiger partial charge in [0.2, 0.25) is 0 Å². The first-order valence-corrected chi connectivity index (χ1v) is 8.52. The third-order valence-electron chi connectivity index (χ3n) is 4.23. The summed E-state index contributed by atoms with van der Waals surface area (Å²) in [7, 11) is 0. The summed E-state index contributed by atoms with van der Waals surface area (Å²) in [5.41, 5.74) is 5.00. The first kappa shape index (κ1) is 13.7. The maximum atomic E-state index is 4.94. The summed E-state index contributed by atoms with van der Waals surface area (Å²) in [6.45, 7) is 0. The molecule has 0 radical (unpaired) electrons. The molecule has 114 valence electrons. The second-order valence-electron chi connectivity index (χ2n) is 5.72. The van der Waals surface area contributed by atoms with Crippen molar-refractivity contribution in [1.82, 2.24) is 14.4 Å². The maximum Gasteiger partial charge on any atom is 0.149 e. The highest BCUT2D eigenvalue weighted by Crippen LogP contribution is 2.30. The van der Waals surface area contributed by atoms with E-state index in [1.54, 1.807) is 0 Å². The monoisotopic (exact) mass is 373 g/mol. The summed E-state index contributed by atoms with van der Waals surface area (Å²) < 4.78 is 3.19. The lowest BCUT2D eigenvalue weighted by Gasteiger charge is -2.09. The molecule has 0 N–H and O–H groups in total. The number of hydrogen-bond acceptors (Lipinski definition) is 2. The Labute approximate surface area is 146 Å². The normalized spacial score (nSPS) is 11.5. The van der Waals surface area contributed by atoms with Gasteiger partial charge < -0.3 is 0 Å². The minimum absolute atomic E-state index is 0.902. The van der Waals surface area contributed by atoms with Crippen LogP contribution in [0.25, 0.3) is 39.0 Å². The molecule has 0 aliphatic carbocycles. The molecule has 0 spiro atoms. The number of aromatic nitrogens is 3. The van der Waals surface area contributed by atoms with Crippen LogP contribution in [-0.2, 0) is 0 Å². The molecule has 0 fully saturated rings. The summed E-state index contributed by atoms with van der Waals surface area (Å²) in [6, 6.07) is 24.6. The van der Waals surface area contributed by atoms with E-state index in [2.05, 4.69) is 44.6 Å². The van der Waals surface area contributed by atoms with Crippen molar-refractivity contribution in [2.75, 3.05) is 0 Å². The Morgan fingerprint density at radius 2 is 1.54 bits per heavy atom. The average molecular weight is 374 g/mol. The van der Waals surface area contributed by atoms with Crippen LogP contribution >= 0.6 is 15.9 Å². The van der Waals surface area contributed by atoms with E-state index in [1.807, 2.05) is 48.5 Å². The minimum Gasteiger partial charge on any atom is -0.276 e. The number of benzene rings is 3. The molecule has 0 bridgehead atoms. The van der Waals surface area contributed by atoms with Crippen molar-refractivity contribution in [3.63, 3.8) is 0 Å². The molecule has 0 aliphatic rings. The lowest BCUT2D eigenvalue weighted by atomic mass is 10.2. The fourth-order valence-corrected chi connectivity index (χ4v) is 3.57. The summed E-state index contributed by atoms with van der Waals surface area (Å²) in [6.07, 6.45) is 0. The van der Waals surface area contributed by atoms with Gasteiger partial charge >= 0.3 is 0 Å². The van der Waals surface area contributed by atoms with Crippen molar-refractivity contribution < 1.29 is 0 Å². The van der Waals surface area contributed by atoms with Crippen LogP contribution in [0.15, 0.2) is 77.3 Å². The van der Waals surface area contributed by atoms with Gasteiger partial charge in [0.05, 0.1) is 16.6 Å². The van der Waals surface area contributed by atoms with Gasteiger partial charge in [0, 0.05) is 15.4 Å². The number of para-hydroxylation sites is 3. The molecule has 2 heterocycles. The van der Waals surface area contributed by atoms with E-state index in [9.17, 15) is 0 Å². The van der Waals surface area contributed by atoms with Crippen LogP contribution < -0.4 is 0 Å². The predicted molar refractivity (Wildman–Crippen MR) is 101 cm³/mol. The highest BCUT2D eigenvalue weighted by molar-refractivity contribution is 9.10. The van der Waals surface area contributed by atoms with Gasteiger partial charge in [0.1, 0.15) is 11.5 Å². The molecule has 5 rings (SSSR count). The smallest absolute Gasteiger partial charge is 0.149 e. The second kappa shape index (κ2) is 5.14. The average Bonchev–Trinajstić information content (AvgIpc) is 3.01. The van der Waals surface area contributed by atoms with E-state index in [4.69, 9.17) is 9.97 Å². The van der Waals surface area contributed by atoms with Crippen molar-refractivity contribution in [1.29, 1.82) is 0 Å². The fourth-order valence-electron chi connectivity index (χ4n) is 3.17. The van der Waals surface area contributed by atoms with Crippen LogP contribution in [-0.4, -0.2) is 14.4 Å². The molecule has 0 saturated heterocycles. The molecule has 3 nitrogen and oxygen atoms in total. The minimum atomic E-state index is 0.902. The van der Waals surface area contributed by atoms with E-state index in [0.717, 1.165) is 43.4 Å². The Morgan fingerprint density at radius 1 is 0.750 bits per heavy atom. The lowest BCUT2D eigenvalue weighted by Crippen LogP contribution is -1.97. The molecule has 0 unspecified atom stereocenters. The van der Waals surface area contributed by atoms with Gasteiger partial charge in [-0.2, -0.15) is 0 Å². The molecular weight excluding hydrogens is 362 g/mol. The Kier molecular flexibility index (Phi) is 2.94. The molecule has 3 aromatic carbocycles. The van der Waals surface area contributed by atoms with Gasteiger partial charge in [-0.3, -0.25) is 4.40 Å². The second-order valence-corrected chi connectivity index (χ2v) is 6.64. The number of halogens is 1. The molecule has 24 heavy (non-hydrogen) atoms. The summed E-state index contributed by atoms with van der Waals surface area (Å²) in [5, 5.41) is 1.06. The van der Waals surface area contributed by atoms with Crippen LogP contribution in [0.5, 0.6) is 0 Å². The van der Waals surface area contributed by atoms with Gasteiger partial charge in [-0.05, 0) is 36.4 Å². The quantitative estimate of drug-likeness (QED) is 0.390. The Hall–Kier alpha value is -2.72. The zero-order valence-electron chi connectivity index (χ0n) is 12.6. The SMILES string of the molecule is Brc1cccc(-c2nc3ccccc3c3nc4ccccc4n23)c1. The molecular formula is C20H12BrN3. The van der Waals surface area contributed by atoms with Gasteiger partial charge in [0.25, 0.3) is 0 Å². The standard InChI is InChI=1S/C20H12BrN3/c21-14-7-5-6-13(12-14)19-22-16-9-2-1-8-15(16)20-23-17-10-3-4-11-18(17)24(19)20/h1-12H. The van der Waals surface area contributed by atoms with E-state index < -0.39 is 0 Å². The Bertz CT molecular complexity index is 1220. The van der Waals surface area contributed by atoms with E-state index in [0.29, 0.717) is 0 Å². The highest BCUT2D eigenvalue weighted by Gasteiger charge is 2.14. The fraction of sp³-hybridized carbons (Fsp3) is 0. The van der Waals surface area contributed by atoms with Crippen molar-refractivity contribution in [3.05, 3.63) is 77.3 Å². The van der Waals surface area contributed by atoms with Crippen LogP contribution in [0.3, 0.4) is 0 Å². The molecule has 4 heteroatoms. The van der Waals surface area contributed by atoms with Crippen molar-refractivity contribution in [2.24, 2.45) is 0 Å². The molecule has 2 aromatic heterocycles. The summed E-state index contributed by atoms with van der Waals surface area (Å²) in [5.74, 6) is 0.902. The first-order valence-electron chi connectivity index (χ1n) is 7.73. The van der Waals surface area contributed by atoms with Crippen LogP contribution in [0.2, 0.25) is 0 Å². The highest BCUT2D eigenvalue weighted by atomic mass is 79.9.